The standard InChI is InChI=1S/C15H12F3NO2/c1-21-14(20)10-4-7-12(13(19)8-10)9-2-5-11(6-3-9)15(16,17)18/h2-8H,19H2,1H3. The molecule has 3 nitrogen and oxygen atoms in total. The molecule has 2 N–H and O–H groups in total. The Morgan fingerprint density at radius 1 is 1.10 bits per heavy atom. The smallest absolute Gasteiger partial charge is 0.416 e. The number of nitrogen functional groups attached to an aromatic ring is 1. The molecule has 21 heavy (non-hydrogen) atoms. The largest absolute Gasteiger partial charge is 0.465 e. The number of ether oxygens (including phenoxy) is 1. The Bertz CT molecular complexity index is 664. The summed E-state index contributed by atoms with van der Waals surface area (Å²) < 4.78 is 42.1. The maximum Gasteiger partial charge on any atom is 0.416 e. The molecule has 110 valence electrons. The summed E-state index contributed by atoms with van der Waals surface area (Å²) >= 11 is 0. The summed E-state index contributed by atoms with van der Waals surface area (Å²) in [5, 5.41) is 0. The van der Waals surface area contributed by atoms with Crippen molar-refractivity contribution < 1.29 is 22.7 Å². The number of hydrogen-bond donors (Lipinski definition) is 1. The molecule has 0 unspecified atom stereocenters. The number of benzene rings is 2. The van der Waals surface area contributed by atoms with E-state index >= 15 is 0 Å². The molecule has 2 rings (SSSR count). The molecule has 0 spiro atoms. The summed E-state index contributed by atoms with van der Waals surface area (Å²) in [5.74, 6) is -0.527. The zero-order valence-corrected chi connectivity index (χ0v) is 11.1. The first-order valence-corrected chi connectivity index (χ1v) is 5.98. The van der Waals surface area contributed by atoms with Crippen LogP contribution in [0, 0.1) is 0 Å². The van der Waals surface area contributed by atoms with Crippen LogP contribution >= 0.6 is 0 Å². The Balaban J connectivity index is 2.36. The maximum atomic E-state index is 12.5. The highest BCUT2D eigenvalue weighted by molar-refractivity contribution is 5.92. The molecule has 0 aromatic heterocycles. The van der Waals surface area contributed by atoms with Crippen molar-refractivity contribution in [2.45, 2.75) is 6.18 Å². The fourth-order valence-electron chi connectivity index (χ4n) is 1.91. The van der Waals surface area contributed by atoms with Crippen LogP contribution in [-0.2, 0) is 10.9 Å². The van der Waals surface area contributed by atoms with E-state index in [2.05, 4.69) is 4.74 Å². The monoisotopic (exact) mass is 295 g/mol. The van der Waals surface area contributed by atoms with E-state index in [1.54, 1.807) is 6.07 Å². The minimum absolute atomic E-state index is 0.283. The zero-order valence-electron chi connectivity index (χ0n) is 11.1. The van der Waals surface area contributed by atoms with Crippen molar-refractivity contribution in [1.82, 2.24) is 0 Å². The summed E-state index contributed by atoms with van der Waals surface area (Å²) in [5.41, 5.74) is 6.78. The fourth-order valence-corrected chi connectivity index (χ4v) is 1.91. The average Bonchev–Trinajstić information content (AvgIpc) is 2.45. The molecule has 0 fully saturated rings. The van der Waals surface area contributed by atoms with Gasteiger partial charge in [0.2, 0.25) is 0 Å². The number of esters is 1. The van der Waals surface area contributed by atoms with Crippen molar-refractivity contribution in [3.63, 3.8) is 0 Å². The molecule has 0 heterocycles. The van der Waals surface area contributed by atoms with Gasteiger partial charge in [-0.1, -0.05) is 18.2 Å². The first-order valence-electron chi connectivity index (χ1n) is 5.98. The van der Waals surface area contributed by atoms with Crippen LogP contribution in [0.2, 0.25) is 0 Å². The number of carbonyl (C=O) groups is 1. The summed E-state index contributed by atoms with van der Waals surface area (Å²) in [4.78, 5) is 11.4. The van der Waals surface area contributed by atoms with Gasteiger partial charge < -0.3 is 10.5 Å². The van der Waals surface area contributed by atoms with Crippen LogP contribution < -0.4 is 5.73 Å². The number of anilines is 1. The fraction of sp³-hybridized carbons (Fsp3) is 0.133. The zero-order chi connectivity index (χ0) is 15.6. The van der Waals surface area contributed by atoms with E-state index in [-0.39, 0.29) is 11.3 Å². The lowest BCUT2D eigenvalue weighted by atomic mass is 10.0. The van der Waals surface area contributed by atoms with Gasteiger partial charge in [0.15, 0.2) is 0 Å². The van der Waals surface area contributed by atoms with Gasteiger partial charge in [0, 0.05) is 11.3 Å². The number of nitrogens with two attached hydrogens (primary N) is 1. The van der Waals surface area contributed by atoms with E-state index < -0.39 is 17.7 Å². The molecule has 0 bridgehead atoms. The second-order valence-electron chi connectivity index (χ2n) is 4.37. The minimum atomic E-state index is -4.38. The second kappa shape index (κ2) is 5.47. The second-order valence-corrected chi connectivity index (χ2v) is 4.37. The van der Waals surface area contributed by atoms with Gasteiger partial charge >= 0.3 is 12.1 Å². The highest BCUT2D eigenvalue weighted by Crippen LogP contribution is 2.32. The van der Waals surface area contributed by atoms with E-state index in [9.17, 15) is 18.0 Å². The third-order valence-electron chi connectivity index (χ3n) is 3.00. The Labute approximate surface area is 119 Å². The van der Waals surface area contributed by atoms with E-state index in [4.69, 9.17) is 5.73 Å². The van der Waals surface area contributed by atoms with E-state index in [1.165, 1.54) is 31.4 Å². The van der Waals surface area contributed by atoms with Crippen molar-refractivity contribution in [3.8, 4) is 11.1 Å². The normalized spacial score (nSPS) is 11.2. The first-order chi connectivity index (χ1) is 9.82. The molecule has 2 aromatic rings. The van der Waals surface area contributed by atoms with Gasteiger partial charge in [-0.3, -0.25) is 0 Å². The number of hydrogen-bond acceptors (Lipinski definition) is 3. The van der Waals surface area contributed by atoms with E-state index in [0.717, 1.165) is 12.1 Å². The highest BCUT2D eigenvalue weighted by Gasteiger charge is 2.30. The summed E-state index contributed by atoms with van der Waals surface area (Å²) in [6.45, 7) is 0. The van der Waals surface area contributed by atoms with Crippen molar-refractivity contribution in [3.05, 3.63) is 53.6 Å². The molecular weight excluding hydrogens is 283 g/mol. The molecule has 2 aromatic carbocycles. The lowest BCUT2D eigenvalue weighted by Crippen LogP contribution is -2.04. The number of methoxy groups -OCH3 is 1. The lowest BCUT2D eigenvalue weighted by molar-refractivity contribution is -0.137. The number of rotatable bonds is 2. The molecule has 0 aliphatic rings. The van der Waals surface area contributed by atoms with Crippen molar-refractivity contribution >= 4 is 11.7 Å². The van der Waals surface area contributed by atoms with Gasteiger partial charge in [-0.2, -0.15) is 13.2 Å². The Morgan fingerprint density at radius 3 is 2.19 bits per heavy atom. The summed E-state index contributed by atoms with van der Waals surface area (Å²) in [6.07, 6.45) is -4.38. The van der Waals surface area contributed by atoms with Crippen LogP contribution in [0.4, 0.5) is 18.9 Å². The van der Waals surface area contributed by atoms with Gasteiger partial charge in [-0.15, -0.1) is 0 Å². The SMILES string of the molecule is COC(=O)c1ccc(-c2ccc(C(F)(F)F)cc2)c(N)c1. The van der Waals surface area contributed by atoms with Crippen LogP contribution in [0.5, 0.6) is 0 Å². The molecule has 0 radical (unpaired) electrons. The van der Waals surface area contributed by atoms with Gasteiger partial charge in [0.1, 0.15) is 0 Å². The molecule has 0 aliphatic carbocycles. The minimum Gasteiger partial charge on any atom is -0.465 e. The average molecular weight is 295 g/mol. The van der Waals surface area contributed by atoms with Crippen LogP contribution in [0.15, 0.2) is 42.5 Å². The first kappa shape index (κ1) is 14.9. The number of alkyl halides is 3. The summed E-state index contributed by atoms with van der Waals surface area (Å²) in [6, 6.07) is 9.17. The topological polar surface area (TPSA) is 52.3 Å². The van der Waals surface area contributed by atoms with Crippen LogP contribution in [0.1, 0.15) is 15.9 Å². The third-order valence-corrected chi connectivity index (χ3v) is 3.00. The Kier molecular flexibility index (Phi) is 3.88. The molecule has 0 aliphatic heterocycles. The van der Waals surface area contributed by atoms with Crippen molar-refractivity contribution in [2.75, 3.05) is 12.8 Å². The third kappa shape index (κ3) is 3.16. The molecule has 0 amide bonds. The molecule has 6 heteroatoms. The summed E-state index contributed by atoms with van der Waals surface area (Å²) in [7, 11) is 1.25. The number of halogens is 3. The highest BCUT2D eigenvalue weighted by atomic mass is 19.4. The molecule has 0 saturated heterocycles. The van der Waals surface area contributed by atoms with Crippen LogP contribution in [-0.4, -0.2) is 13.1 Å². The van der Waals surface area contributed by atoms with Gasteiger partial charge in [0.05, 0.1) is 18.2 Å². The van der Waals surface area contributed by atoms with Gasteiger partial charge in [-0.05, 0) is 29.8 Å². The van der Waals surface area contributed by atoms with Crippen LogP contribution in [0.3, 0.4) is 0 Å². The van der Waals surface area contributed by atoms with Crippen molar-refractivity contribution in [2.24, 2.45) is 0 Å². The molecular formula is C15H12F3NO2. The van der Waals surface area contributed by atoms with E-state index in [0.29, 0.717) is 11.1 Å². The van der Waals surface area contributed by atoms with Crippen LogP contribution in [0.25, 0.3) is 11.1 Å². The molecule has 0 saturated carbocycles. The van der Waals surface area contributed by atoms with Gasteiger partial charge in [0.25, 0.3) is 0 Å². The number of carbonyl (C=O) groups excluding carboxylic acids is 1. The quantitative estimate of drug-likeness (QED) is 0.678. The maximum absolute atomic E-state index is 12.5. The lowest BCUT2D eigenvalue weighted by Gasteiger charge is -2.10. The van der Waals surface area contributed by atoms with Gasteiger partial charge in [-0.25, -0.2) is 4.79 Å². The predicted molar refractivity (Wildman–Crippen MR) is 72.6 cm³/mol. The molecule has 0 atom stereocenters. The Morgan fingerprint density at radius 2 is 1.71 bits per heavy atom. The van der Waals surface area contributed by atoms with E-state index in [1.807, 2.05) is 0 Å². The van der Waals surface area contributed by atoms with Crippen molar-refractivity contribution in [1.29, 1.82) is 0 Å². The Hall–Kier alpha value is -2.50. The predicted octanol–water partition coefficient (Wildman–Crippen LogP) is 3.74.